The molecule has 0 fully saturated rings. The number of benzene rings is 1. The number of ether oxygens (including phenoxy) is 2. The summed E-state index contributed by atoms with van der Waals surface area (Å²) in [6, 6.07) is 6.05. The smallest absolute Gasteiger partial charge is 0.326 e. The third-order valence-electron chi connectivity index (χ3n) is 3.04. The molecule has 0 aliphatic heterocycles. The number of hydrogen-bond donors (Lipinski definition) is 1. The van der Waals surface area contributed by atoms with Gasteiger partial charge in [0.25, 0.3) is 5.91 Å². The Morgan fingerprint density at radius 3 is 2.52 bits per heavy atom. The molecule has 1 aromatic carbocycles. The predicted octanol–water partition coefficient (Wildman–Crippen LogP) is 1.49. The minimum Gasteiger partial charge on any atom is -0.497 e. The Morgan fingerprint density at radius 2 is 1.96 bits per heavy atom. The second kappa shape index (κ2) is 8.52. The van der Waals surface area contributed by atoms with Crippen LogP contribution in [0.3, 0.4) is 0 Å². The van der Waals surface area contributed by atoms with E-state index in [1.165, 1.54) is 19.2 Å². The minimum absolute atomic E-state index is 0.0679. The monoisotopic (exact) mass is 343 g/mol. The summed E-state index contributed by atoms with van der Waals surface area (Å²) in [6.07, 6.45) is 0.525. The molecular formula is C15H21NO6S. The van der Waals surface area contributed by atoms with E-state index in [4.69, 9.17) is 9.47 Å². The van der Waals surface area contributed by atoms with Gasteiger partial charge in [0.2, 0.25) is 10.0 Å². The standard InChI is InChI=1S/C15H21NO6S/c1-4-7-13(15(18)22-5-2)23(19,20)16-14(17)11-8-6-9-12(10-11)21-3/h6,8-10,13H,4-5,7H2,1-3H3,(H,16,17)/t13-/m0/s1. The maximum Gasteiger partial charge on any atom is 0.326 e. The molecule has 0 saturated heterocycles. The molecule has 1 amide bonds. The van der Waals surface area contributed by atoms with Crippen molar-refractivity contribution in [2.75, 3.05) is 13.7 Å². The van der Waals surface area contributed by atoms with Crippen molar-refractivity contribution >= 4 is 21.9 Å². The molecule has 0 aromatic heterocycles. The average Bonchev–Trinajstić information content (AvgIpc) is 2.52. The zero-order valence-electron chi connectivity index (χ0n) is 13.4. The maximum absolute atomic E-state index is 12.3. The van der Waals surface area contributed by atoms with Crippen LogP contribution in [0.1, 0.15) is 37.0 Å². The maximum atomic E-state index is 12.3. The van der Waals surface area contributed by atoms with Gasteiger partial charge in [-0.3, -0.25) is 9.59 Å². The zero-order chi connectivity index (χ0) is 17.5. The van der Waals surface area contributed by atoms with Crippen molar-refractivity contribution in [3.05, 3.63) is 29.8 Å². The van der Waals surface area contributed by atoms with Crippen LogP contribution in [0.15, 0.2) is 24.3 Å². The highest BCUT2D eigenvalue weighted by Crippen LogP contribution is 2.14. The molecule has 1 rings (SSSR count). The minimum atomic E-state index is -4.19. The molecule has 1 aromatic rings. The zero-order valence-corrected chi connectivity index (χ0v) is 14.2. The summed E-state index contributed by atoms with van der Waals surface area (Å²) < 4.78 is 36.3. The fraction of sp³-hybridized carbons (Fsp3) is 0.467. The number of methoxy groups -OCH3 is 1. The van der Waals surface area contributed by atoms with E-state index in [2.05, 4.69) is 0 Å². The lowest BCUT2D eigenvalue weighted by molar-refractivity contribution is -0.142. The van der Waals surface area contributed by atoms with Crippen molar-refractivity contribution in [2.24, 2.45) is 0 Å². The summed E-state index contributed by atoms with van der Waals surface area (Å²) in [7, 11) is -2.75. The Morgan fingerprint density at radius 1 is 1.26 bits per heavy atom. The Labute approximate surface area is 136 Å². The van der Waals surface area contributed by atoms with E-state index in [1.807, 2.05) is 4.72 Å². The Balaban J connectivity index is 2.97. The van der Waals surface area contributed by atoms with E-state index < -0.39 is 27.1 Å². The summed E-state index contributed by atoms with van der Waals surface area (Å²) in [5, 5.41) is -1.41. The van der Waals surface area contributed by atoms with Crippen LogP contribution < -0.4 is 9.46 Å². The molecule has 0 bridgehead atoms. The van der Waals surface area contributed by atoms with Crippen LogP contribution in [-0.2, 0) is 19.6 Å². The SMILES string of the molecule is CCC[C@@H](C(=O)OCC)S(=O)(=O)NC(=O)c1cccc(OC)c1. The molecule has 7 nitrogen and oxygen atoms in total. The number of hydrogen-bond acceptors (Lipinski definition) is 6. The van der Waals surface area contributed by atoms with Gasteiger partial charge in [-0.2, -0.15) is 0 Å². The molecule has 23 heavy (non-hydrogen) atoms. The largest absolute Gasteiger partial charge is 0.497 e. The summed E-state index contributed by atoms with van der Waals surface area (Å²) in [4.78, 5) is 23.9. The van der Waals surface area contributed by atoms with Crippen molar-refractivity contribution in [1.82, 2.24) is 4.72 Å². The van der Waals surface area contributed by atoms with Gasteiger partial charge in [0.1, 0.15) is 5.75 Å². The van der Waals surface area contributed by atoms with Crippen LogP contribution in [-0.4, -0.2) is 39.3 Å². The highest BCUT2D eigenvalue weighted by atomic mass is 32.2. The van der Waals surface area contributed by atoms with Crippen molar-refractivity contribution in [2.45, 2.75) is 31.9 Å². The molecule has 0 radical (unpaired) electrons. The van der Waals surface area contributed by atoms with Gasteiger partial charge in [-0.15, -0.1) is 0 Å². The lowest BCUT2D eigenvalue weighted by Gasteiger charge is -2.16. The summed E-state index contributed by atoms with van der Waals surface area (Å²) in [5.74, 6) is -1.26. The first-order valence-corrected chi connectivity index (χ1v) is 8.77. The van der Waals surface area contributed by atoms with Crippen LogP contribution in [0.25, 0.3) is 0 Å². The normalized spacial score (nSPS) is 12.3. The van der Waals surface area contributed by atoms with Crippen molar-refractivity contribution in [3.8, 4) is 5.75 Å². The molecule has 1 N–H and O–H groups in total. The third-order valence-corrected chi connectivity index (χ3v) is 4.69. The van der Waals surface area contributed by atoms with Crippen LogP contribution in [0.2, 0.25) is 0 Å². The molecule has 0 aliphatic carbocycles. The summed E-state index contributed by atoms with van der Waals surface area (Å²) in [6.45, 7) is 3.40. The molecule has 0 spiro atoms. The summed E-state index contributed by atoms with van der Waals surface area (Å²) >= 11 is 0. The van der Waals surface area contributed by atoms with Crippen molar-refractivity contribution < 1.29 is 27.5 Å². The molecule has 0 heterocycles. The molecule has 128 valence electrons. The fourth-order valence-electron chi connectivity index (χ4n) is 1.92. The first-order chi connectivity index (χ1) is 10.9. The highest BCUT2D eigenvalue weighted by Gasteiger charge is 2.34. The molecule has 8 heteroatoms. The second-order valence-electron chi connectivity index (χ2n) is 4.74. The van der Waals surface area contributed by atoms with Crippen LogP contribution in [0.4, 0.5) is 0 Å². The Hall–Kier alpha value is -2.09. The van der Waals surface area contributed by atoms with Gasteiger partial charge in [0.15, 0.2) is 5.25 Å². The van der Waals surface area contributed by atoms with Crippen molar-refractivity contribution in [3.63, 3.8) is 0 Å². The number of nitrogens with one attached hydrogen (secondary N) is 1. The van der Waals surface area contributed by atoms with Gasteiger partial charge >= 0.3 is 5.97 Å². The van der Waals surface area contributed by atoms with Crippen LogP contribution in [0.5, 0.6) is 5.75 Å². The van der Waals surface area contributed by atoms with E-state index >= 15 is 0 Å². The van der Waals surface area contributed by atoms with E-state index in [0.29, 0.717) is 12.2 Å². The molecular weight excluding hydrogens is 322 g/mol. The van der Waals surface area contributed by atoms with Gasteiger partial charge in [-0.25, -0.2) is 13.1 Å². The van der Waals surface area contributed by atoms with E-state index in [-0.39, 0.29) is 18.6 Å². The average molecular weight is 343 g/mol. The lowest BCUT2D eigenvalue weighted by atomic mass is 10.2. The van der Waals surface area contributed by atoms with Gasteiger partial charge in [-0.1, -0.05) is 19.4 Å². The van der Waals surface area contributed by atoms with E-state index in [9.17, 15) is 18.0 Å². The number of carbonyl (C=O) groups is 2. The van der Waals surface area contributed by atoms with Crippen LogP contribution in [0, 0.1) is 0 Å². The highest BCUT2D eigenvalue weighted by molar-refractivity contribution is 7.91. The predicted molar refractivity (Wildman–Crippen MR) is 84.7 cm³/mol. The van der Waals surface area contributed by atoms with Gasteiger partial charge < -0.3 is 9.47 Å². The Kier molecular flexibility index (Phi) is 7.02. The number of amides is 1. The van der Waals surface area contributed by atoms with Gasteiger partial charge in [0.05, 0.1) is 13.7 Å². The number of esters is 1. The lowest BCUT2D eigenvalue weighted by Crippen LogP contribution is -2.43. The number of rotatable bonds is 8. The van der Waals surface area contributed by atoms with Crippen molar-refractivity contribution in [1.29, 1.82) is 0 Å². The molecule has 1 atom stereocenters. The first-order valence-electron chi connectivity index (χ1n) is 7.22. The number of carbonyl (C=O) groups excluding carboxylic acids is 2. The van der Waals surface area contributed by atoms with E-state index in [0.717, 1.165) is 0 Å². The first kappa shape index (κ1) is 19.0. The fourth-order valence-corrected chi connectivity index (χ4v) is 3.31. The third kappa shape index (κ3) is 5.24. The van der Waals surface area contributed by atoms with Gasteiger partial charge in [-0.05, 0) is 31.5 Å². The van der Waals surface area contributed by atoms with Gasteiger partial charge in [0, 0.05) is 5.56 Å². The number of sulfonamides is 1. The Bertz CT molecular complexity index is 656. The second-order valence-corrected chi connectivity index (χ2v) is 6.60. The van der Waals surface area contributed by atoms with E-state index in [1.54, 1.807) is 26.0 Å². The molecule has 0 aliphatic rings. The quantitative estimate of drug-likeness (QED) is 0.718. The molecule has 0 saturated carbocycles. The molecule has 0 unspecified atom stereocenters. The summed E-state index contributed by atoms with van der Waals surface area (Å²) in [5.41, 5.74) is 0.118. The topological polar surface area (TPSA) is 98.8 Å². The van der Waals surface area contributed by atoms with Crippen LogP contribution >= 0.6 is 0 Å².